The molecule has 1 aromatic heterocycles. The smallest absolute Gasteiger partial charge is 0.314 e. The molecule has 1 aliphatic carbocycles. The maximum Gasteiger partial charge on any atom is 0.314 e. The lowest BCUT2D eigenvalue weighted by molar-refractivity contribution is -0.140. The molecule has 0 unspecified atom stereocenters. The minimum atomic E-state index is -0.724. The molecule has 1 saturated carbocycles. The molecule has 2 rings (SSSR count). The van der Waals surface area contributed by atoms with Gasteiger partial charge in [0.25, 0.3) is 0 Å². The zero-order valence-corrected chi connectivity index (χ0v) is 8.67. The Labute approximate surface area is 88.6 Å². The monoisotopic (exact) mass is 213 g/mol. The van der Waals surface area contributed by atoms with Gasteiger partial charge < -0.3 is 5.11 Å². The number of nitrogens with zero attached hydrogens (tertiary/aromatic N) is 1. The Kier molecular flexibility index (Phi) is 2.81. The Morgan fingerprint density at radius 3 is 2.50 bits per heavy atom. The van der Waals surface area contributed by atoms with Gasteiger partial charge in [0.2, 0.25) is 0 Å². The van der Waals surface area contributed by atoms with Crippen molar-refractivity contribution in [2.75, 3.05) is 0 Å². The quantitative estimate of drug-likeness (QED) is 0.817. The van der Waals surface area contributed by atoms with E-state index in [0.717, 1.165) is 24.1 Å². The summed E-state index contributed by atoms with van der Waals surface area (Å²) in [6.07, 6.45) is 3.16. The number of pyridine rings is 1. The van der Waals surface area contributed by atoms with E-state index in [1.807, 2.05) is 19.1 Å². The van der Waals surface area contributed by atoms with Gasteiger partial charge in [-0.05, 0) is 31.4 Å². The Morgan fingerprint density at radius 1 is 1.50 bits per heavy atom. The number of carbonyl (C=O) groups is 1. The summed E-state index contributed by atoms with van der Waals surface area (Å²) in [7, 11) is 0. The van der Waals surface area contributed by atoms with Crippen LogP contribution in [0.4, 0.5) is 0 Å². The number of carboxylic acid groups (broad SMARTS) is 1. The molecule has 1 aromatic rings. The van der Waals surface area contributed by atoms with Gasteiger partial charge in [-0.15, -0.1) is 12.4 Å². The number of aryl methyl sites for hydroxylation is 1. The lowest BCUT2D eigenvalue weighted by Gasteiger charge is -2.08. The minimum absolute atomic E-state index is 0. The molecule has 0 saturated heterocycles. The van der Waals surface area contributed by atoms with Crippen LogP contribution >= 0.6 is 12.4 Å². The summed E-state index contributed by atoms with van der Waals surface area (Å²) in [6, 6.07) is 3.72. The second kappa shape index (κ2) is 3.58. The summed E-state index contributed by atoms with van der Waals surface area (Å²) in [4.78, 5) is 15.0. The third-order valence-electron chi connectivity index (χ3n) is 2.62. The van der Waals surface area contributed by atoms with E-state index in [2.05, 4.69) is 4.98 Å². The number of hydrogen-bond donors (Lipinski definition) is 1. The van der Waals surface area contributed by atoms with Crippen molar-refractivity contribution < 1.29 is 9.90 Å². The van der Waals surface area contributed by atoms with Gasteiger partial charge in [0, 0.05) is 11.9 Å². The SMILES string of the molecule is Cc1ccc(C2(C(=O)O)CC2)cn1.Cl. The van der Waals surface area contributed by atoms with Crippen LogP contribution in [-0.2, 0) is 10.2 Å². The highest BCUT2D eigenvalue weighted by atomic mass is 35.5. The molecule has 0 bridgehead atoms. The third-order valence-corrected chi connectivity index (χ3v) is 2.62. The molecule has 76 valence electrons. The highest BCUT2D eigenvalue weighted by Crippen LogP contribution is 2.48. The van der Waals surface area contributed by atoms with Gasteiger partial charge in [0.1, 0.15) is 0 Å². The van der Waals surface area contributed by atoms with Gasteiger partial charge in [-0.25, -0.2) is 0 Å². The summed E-state index contributed by atoms with van der Waals surface area (Å²) in [5.41, 5.74) is 1.15. The molecule has 0 aliphatic heterocycles. The Balaban J connectivity index is 0.000000980. The molecule has 0 atom stereocenters. The second-order valence-corrected chi connectivity index (χ2v) is 3.58. The lowest BCUT2D eigenvalue weighted by atomic mass is 9.98. The summed E-state index contributed by atoms with van der Waals surface area (Å²) in [6.45, 7) is 1.89. The molecular formula is C10H12ClNO2. The number of aromatic nitrogens is 1. The van der Waals surface area contributed by atoms with Crippen LogP contribution in [0.25, 0.3) is 0 Å². The third kappa shape index (κ3) is 1.60. The molecule has 3 nitrogen and oxygen atoms in total. The largest absolute Gasteiger partial charge is 0.481 e. The minimum Gasteiger partial charge on any atom is -0.481 e. The van der Waals surface area contributed by atoms with E-state index in [9.17, 15) is 4.79 Å². The van der Waals surface area contributed by atoms with Gasteiger partial charge in [0.15, 0.2) is 0 Å². The van der Waals surface area contributed by atoms with Gasteiger partial charge in [-0.3, -0.25) is 9.78 Å². The van der Waals surface area contributed by atoms with Gasteiger partial charge in [0.05, 0.1) is 5.41 Å². The molecule has 0 radical (unpaired) electrons. The summed E-state index contributed by atoms with van der Waals surface area (Å²) in [5, 5.41) is 9.00. The van der Waals surface area contributed by atoms with Crippen LogP contribution < -0.4 is 0 Å². The molecule has 1 fully saturated rings. The zero-order chi connectivity index (χ0) is 9.47. The number of halogens is 1. The van der Waals surface area contributed by atoms with Crippen LogP contribution in [0.2, 0.25) is 0 Å². The first-order chi connectivity index (χ1) is 6.15. The summed E-state index contributed by atoms with van der Waals surface area (Å²) >= 11 is 0. The normalized spacial score (nSPS) is 16.9. The number of hydrogen-bond acceptors (Lipinski definition) is 2. The zero-order valence-electron chi connectivity index (χ0n) is 7.86. The fraction of sp³-hybridized carbons (Fsp3) is 0.400. The van der Waals surface area contributed by atoms with Gasteiger partial charge in [-0.1, -0.05) is 6.07 Å². The van der Waals surface area contributed by atoms with E-state index in [0.29, 0.717) is 0 Å². The van der Waals surface area contributed by atoms with Crippen molar-refractivity contribution in [3.8, 4) is 0 Å². The topological polar surface area (TPSA) is 50.2 Å². The fourth-order valence-corrected chi connectivity index (χ4v) is 1.50. The molecule has 1 aliphatic rings. The predicted octanol–water partition coefficient (Wildman–Crippen LogP) is 1.93. The average Bonchev–Trinajstić information content (AvgIpc) is 2.86. The molecule has 4 heteroatoms. The summed E-state index contributed by atoms with van der Waals surface area (Å²) < 4.78 is 0. The van der Waals surface area contributed by atoms with Crippen LogP contribution in [-0.4, -0.2) is 16.1 Å². The van der Waals surface area contributed by atoms with E-state index in [-0.39, 0.29) is 12.4 Å². The van der Waals surface area contributed by atoms with Crippen LogP contribution in [0.3, 0.4) is 0 Å². The van der Waals surface area contributed by atoms with Crippen molar-refractivity contribution in [1.82, 2.24) is 4.98 Å². The number of aliphatic carboxylic acids is 1. The maximum atomic E-state index is 10.9. The predicted molar refractivity (Wildman–Crippen MR) is 54.8 cm³/mol. The van der Waals surface area contributed by atoms with Gasteiger partial charge >= 0.3 is 5.97 Å². The van der Waals surface area contributed by atoms with E-state index in [1.165, 1.54) is 0 Å². The first-order valence-electron chi connectivity index (χ1n) is 4.32. The van der Waals surface area contributed by atoms with Crippen molar-refractivity contribution in [1.29, 1.82) is 0 Å². The molecule has 1 N–H and O–H groups in total. The lowest BCUT2D eigenvalue weighted by Crippen LogP contribution is -2.19. The Morgan fingerprint density at radius 2 is 2.14 bits per heavy atom. The van der Waals surface area contributed by atoms with Crippen molar-refractivity contribution >= 4 is 18.4 Å². The average molecular weight is 214 g/mol. The van der Waals surface area contributed by atoms with E-state index < -0.39 is 11.4 Å². The van der Waals surface area contributed by atoms with Crippen LogP contribution in [0, 0.1) is 6.92 Å². The molecule has 14 heavy (non-hydrogen) atoms. The molecule has 0 amide bonds. The number of carboxylic acids is 1. The highest BCUT2D eigenvalue weighted by Gasteiger charge is 2.51. The Hall–Kier alpha value is -1.09. The second-order valence-electron chi connectivity index (χ2n) is 3.58. The fourth-order valence-electron chi connectivity index (χ4n) is 1.50. The van der Waals surface area contributed by atoms with E-state index in [4.69, 9.17) is 5.11 Å². The van der Waals surface area contributed by atoms with Crippen molar-refractivity contribution in [2.45, 2.75) is 25.2 Å². The standard InChI is InChI=1S/C10H11NO2.ClH/c1-7-2-3-8(6-11-7)10(4-5-10)9(12)13;/h2-3,6H,4-5H2,1H3,(H,12,13);1H. The van der Waals surface area contributed by atoms with Crippen LogP contribution in [0.5, 0.6) is 0 Å². The Bertz CT molecular complexity index is 344. The first-order valence-corrected chi connectivity index (χ1v) is 4.32. The molecule has 1 heterocycles. The summed E-state index contributed by atoms with van der Waals surface area (Å²) in [5.74, 6) is -0.724. The molecule has 0 aromatic carbocycles. The first kappa shape index (κ1) is 11.0. The van der Waals surface area contributed by atoms with E-state index in [1.54, 1.807) is 6.20 Å². The van der Waals surface area contributed by atoms with E-state index >= 15 is 0 Å². The maximum absolute atomic E-state index is 10.9. The van der Waals surface area contributed by atoms with Crippen molar-refractivity contribution in [2.24, 2.45) is 0 Å². The molecular weight excluding hydrogens is 202 g/mol. The van der Waals surface area contributed by atoms with Crippen LogP contribution in [0.1, 0.15) is 24.1 Å². The molecule has 0 spiro atoms. The van der Waals surface area contributed by atoms with Crippen molar-refractivity contribution in [3.05, 3.63) is 29.6 Å². The highest BCUT2D eigenvalue weighted by molar-refractivity contribution is 5.85. The number of rotatable bonds is 2. The van der Waals surface area contributed by atoms with Crippen molar-refractivity contribution in [3.63, 3.8) is 0 Å². The van der Waals surface area contributed by atoms with Gasteiger partial charge in [-0.2, -0.15) is 0 Å². The van der Waals surface area contributed by atoms with Crippen LogP contribution in [0.15, 0.2) is 18.3 Å².